The van der Waals surface area contributed by atoms with Crippen molar-refractivity contribution in [1.82, 2.24) is 20.2 Å². The summed E-state index contributed by atoms with van der Waals surface area (Å²) in [6.45, 7) is 0. The standard InChI is InChI=1S/C7H8N4O/c12-7-3-1-6(2-4-7)11-9-5-8-10-11/h1-3,5,7,12H,4H2. The van der Waals surface area contributed by atoms with Crippen LogP contribution in [0.4, 0.5) is 0 Å². The number of rotatable bonds is 1. The predicted octanol–water partition coefficient (Wildman–Crippen LogP) is -0.165. The van der Waals surface area contributed by atoms with Gasteiger partial charge in [0.15, 0.2) is 6.33 Å². The first-order valence-corrected chi connectivity index (χ1v) is 3.66. The van der Waals surface area contributed by atoms with Crippen LogP contribution in [-0.2, 0) is 0 Å². The second-order valence-electron chi connectivity index (χ2n) is 2.52. The Kier molecular flexibility index (Phi) is 1.71. The van der Waals surface area contributed by atoms with Gasteiger partial charge in [-0.2, -0.15) is 0 Å². The number of hydrogen-bond acceptors (Lipinski definition) is 4. The molecule has 1 N–H and O–H groups in total. The van der Waals surface area contributed by atoms with Gasteiger partial charge in [0.25, 0.3) is 0 Å². The van der Waals surface area contributed by atoms with E-state index in [-0.39, 0.29) is 6.10 Å². The van der Waals surface area contributed by atoms with Gasteiger partial charge in [0.05, 0.1) is 11.8 Å². The van der Waals surface area contributed by atoms with Gasteiger partial charge >= 0.3 is 0 Å². The van der Waals surface area contributed by atoms with Crippen molar-refractivity contribution in [2.45, 2.75) is 12.5 Å². The van der Waals surface area contributed by atoms with Crippen LogP contribution in [0.15, 0.2) is 24.6 Å². The maximum atomic E-state index is 9.13. The molecule has 1 aliphatic rings. The summed E-state index contributed by atoms with van der Waals surface area (Å²) in [4.78, 5) is 1.42. The lowest BCUT2D eigenvalue weighted by atomic mass is 10.1. The van der Waals surface area contributed by atoms with Crippen molar-refractivity contribution in [3.8, 4) is 0 Å². The quantitative estimate of drug-likeness (QED) is 0.626. The second kappa shape index (κ2) is 2.86. The van der Waals surface area contributed by atoms with Gasteiger partial charge in [-0.15, -0.1) is 15.0 Å². The molecule has 0 saturated heterocycles. The highest BCUT2D eigenvalue weighted by Crippen LogP contribution is 2.12. The van der Waals surface area contributed by atoms with E-state index in [1.165, 1.54) is 11.1 Å². The molecule has 1 unspecified atom stereocenters. The summed E-state index contributed by atoms with van der Waals surface area (Å²) in [7, 11) is 0. The fourth-order valence-corrected chi connectivity index (χ4v) is 1.03. The van der Waals surface area contributed by atoms with E-state index in [0.29, 0.717) is 6.42 Å². The Morgan fingerprint density at radius 2 is 2.50 bits per heavy atom. The number of allylic oxidation sites excluding steroid dienone is 2. The summed E-state index contributed by atoms with van der Waals surface area (Å²) in [5, 5.41) is 20.3. The molecule has 0 radical (unpaired) electrons. The average molecular weight is 164 g/mol. The van der Waals surface area contributed by atoms with Crippen LogP contribution >= 0.6 is 0 Å². The van der Waals surface area contributed by atoms with Gasteiger partial charge in [0.2, 0.25) is 0 Å². The maximum absolute atomic E-state index is 9.13. The molecule has 2 rings (SSSR count). The van der Waals surface area contributed by atoms with Crippen molar-refractivity contribution in [1.29, 1.82) is 0 Å². The van der Waals surface area contributed by atoms with Gasteiger partial charge in [-0.3, -0.25) is 0 Å². The number of aliphatic hydroxyl groups is 1. The Hall–Kier alpha value is -1.49. The first-order chi connectivity index (χ1) is 5.86. The Morgan fingerprint density at radius 3 is 3.08 bits per heavy atom. The van der Waals surface area contributed by atoms with Crippen molar-refractivity contribution in [2.75, 3.05) is 0 Å². The molecule has 1 aliphatic carbocycles. The van der Waals surface area contributed by atoms with Crippen molar-refractivity contribution < 1.29 is 5.11 Å². The first-order valence-electron chi connectivity index (χ1n) is 3.66. The van der Waals surface area contributed by atoms with Crippen LogP contribution in [0.1, 0.15) is 6.42 Å². The van der Waals surface area contributed by atoms with E-state index >= 15 is 0 Å². The van der Waals surface area contributed by atoms with Crippen molar-refractivity contribution in [2.24, 2.45) is 0 Å². The Labute approximate surface area is 69.0 Å². The highest BCUT2D eigenvalue weighted by molar-refractivity contribution is 5.56. The molecule has 0 saturated carbocycles. The molecule has 0 amide bonds. The minimum absolute atomic E-state index is 0.378. The number of nitrogens with zero attached hydrogens (tertiary/aromatic N) is 4. The zero-order valence-electron chi connectivity index (χ0n) is 6.33. The molecule has 0 fully saturated rings. The smallest absolute Gasteiger partial charge is 0.162 e. The molecule has 1 aromatic heterocycles. The summed E-state index contributed by atoms with van der Waals surface area (Å²) >= 11 is 0. The minimum Gasteiger partial charge on any atom is -0.389 e. The number of aliphatic hydroxyl groups excluding tert-OH is 1. The van der Waals surface area contributed by atoms with Crippen LogP contribution < -0.4 is 0 Å². The average Bonchev–Trinajstić information content (AvgIpc) is 2.58. The normalized spacial score (nSPS) is 22.4. The summed E-state index contributed by atoms with van der Waals surface area (Å²) in [6.07, 6.45) is 6.95. The van der Waals surface area contributed by atoms with Gasteiger partial charge in [0.1, 0.15) is 0 Å². The lowest BCUT2D eigenvalue weighted by Gasteiger charge is -2.08. The maximum Gasteiger partial charge on any atom is 0.162 e. The Bertz CT molecular complexity index is 314. The van der Waals surface area contributed by atoms with Crippen LogP contribution in [0.2, 0.25) is 0 Å². The molecular formula is C7H8N4O. The summed E-state index contributed by atoms with van der Waals surface area (Å²) in [5.41, 5.74) is 0.845. The first kappa shape index (κ1) is 7.17. The molecule has 0 bridgehead atoms. The summed E-state index contributed by atoms with van der Waals surface area (Å²) in [5.74, 6) is 0. The molecule has 5 heteroatoms. The lowest BCUT2D eigenvalue weighted by Crippen LogP contribution is -2.08. The molecule has 5 nitrogen and oxygen atoms in total. The monoisotopic (exact) mass is 164 g/mol. The highest BCUT2D eigenvalue weighted by Gasteiger charge is 2.06. The van der Waals surface area contributed by atoms with Gasteiger partial charge < -0.3 is 5.11 Å². The van der Waals surface area contributed by atoms with Crippen molar-refractivity contribution in [3.05, 3.63) is 24.6 Å². The summed E-state index contributed by atoms with van der Waals surface area (Å²) in [6, 6.07) is 0. The molecule has 0 spiro atoms. The number of hydrogen-bond donors (Lipinski definition) is 1. The highest BCUT2D eigenvalue weighted by atomic mass is 16.3. The van der Waals surface area contributed by atoms with Crippen LogP contribution in [0.3, 0.4) is 0 Å². The van der Waals surface area contributed by atoms with Crippen molar-refractivity contribution in [3.63, 3.8) is 0 Å². The van der Waals surface area contributed by atoms with Crippen LogP contribution in [0.25, 0.3) is 5.70 Å². The molecule has 12 heavy (non-hydrogen) atoms. The third-order valence-electron chi connectivity index (χ3n) is 1.64. The van der Waals surface area contributed by atoms with E-state index in [4.69, 9.17) is 5.11 Å². The van der Waals surface area contributed by atoms with Gasteiger partial charge in [0, 0.05) is 0 Å². The van der Waals surface area contributed by atoms with Crippen molar-refractivity contribution >= 4 is 5.70 Å². The van der Waals surface area contributed by atoms with E-state index in [1.807, 2.05) is 6.08 Å². The molecule has 0 aliphatic heterocycles. The molecule has 0 aromatic carbocycles. The fraction of sp³-hybridized carbons (Fsp3) is 0.286. The van der Waals surface area contributed by atoms with E-state index in [2.05, 4.69) is 15.4 Å². The topological polar surface area (TPSA) is 63.8 Å². The van der Waals surface area contributed by atoms with E-state index < -0.39 is 0 Å². The zero-order chi connectivity index (χ0) is 8.39. The SMILES string of the molecule is OC1C=CC(n2ncnn2)=CC1. The molecule has 1 heterocycles. The molecule has 62 valence electrons. The van der Waals surface area contributed by atoms with E-state index in [9.17, 15) is 0 Å². The third kappa shape index (κ3) is 1.26. The van der Waals surface area contributed by atoms with E-state index in [1.54, 1.807) is 12.2 Å². The Balaban J connectivity index is 2.23. The van der Waals surface area contributed by atoms with Crippen LogP contribution in [-0.4, -0.2) is 31.4 Å². The molecule has 1 atom stereocenters. The second-order valence-corrected chi connectivity index (χ2v) is 2.52. The van der Waals surface area contributed by atoms with Gasteiger partial charge in [-0.25, -0.2) is 0 Å². The lowest BCUT2D eigenvalue weighted by molar-refractivity contribution is 0.225. The van der Waals surface area contributed by atoms with Crippen LogP contribution in [0.5, 0.6) is 0 Å². The third-order valence-corrected chi connectivity index (χ3v) is 1.64. The van der Waals surface area contributed by atoms with E-state index in [0.717, 1.165) is 5.70 Å². The molecular weight excluding hydrogens is 156 g/mol. The largest absolute Gasteiger partial charge is 0.389 e. The number of tetrazole rings is 1. The minimum atomic E-state index is -0.378. The fourth-order valence-electron chi connectivity index (χ4n) is 1.03. The van der Waals surface area contributed by atoms with Gasteiger partial charge in [-0.1, -0.05) is 12.2 Å². The van der Waals surface area contributed by atoms with Crippen LogP contribution in [0, 0.1) is 0 Å². The number of aromatic nitrogens is 4. The Morgan fingerprint density at radius 1 is 1.58 bits per heavy atom. The molecule has 1 aromatic rings. The predicted molar refractivity (Wildman–Crippen MR) is 41.9 cm³/mol. The van der Waals surface area contributed by atoms with Gasteiger partial charge in [-0.05, 0) is 17.7 Å². The zero-order valence-corrected chi connectivity index (χ0v) is 6.33. The summed E-state index contributed by atoms with van der Waals surface area (Å²) < 4.78 is 0.